The SMILES string of the molecule is CCCn1ccnc1CCCC(NC)C1CC1. The van der Waals surface area contributed by atoms with Crippen molar-refractivity contribution in [3.8, 4) is 0 Å². The predicted octanol–water partition coefficient (Wildman–Crippen LogP) is 2.61. The maximum atomic E-state index is 4.46. The molecule has 1 aromatic heterocycles. The summed E-state index contributed by atoms with van der Waals surface area (Å²) in [4.78, 5) is 4.46. The maximum absolute atomic E-state index is 4.46. The Labute approximate surface area is 105 Å². The molecule has 0 saturated heterocycles. The van der Waals surface area contributed by atoms with Crippen LogP contribution in [0.1, 0.15) is 44.9 Å². The van der Waals surface area contributed by atoms with E-state index >= 15 is 0 Å². The van der Waals surface area contributed by atoms with Gasteiger partial charge in [-0.1, -0.05) is 6.92 Å². The molecule has 1 fully saturated rings. The largest absolute Gasteiger partial charge is 0.335 e. The second-order valence-corrected chi connectivity index (χ2v) is 5.16. The maximum Gasteiger partial charge on any atom is 0.108 e. The molecule has 0 radical (unpaired) electrons. The molecule has 0 amide bonds. The fourth-order valence-corrected chi connectivity index (χ4v) is 2.61. The van der Waals surface area contributed by atoms with Crippen molar-refractivity contribution < 1.29 is 0 Å². The normalized spacial score (nSPS) is 17.3. The van der Waals surface area contributed by atoms with E-state index in [1.54, 1.807) is 0 Å². The minimum absolute atomic E-state index is 0.740. The summed E-state index contributed by atoms with van der Waals surface area (Å²) in [6.45, 7) is 3.32. The zero-order valence-electron chi connectivity index (χ0n) is 11.2. The van der Waals surface area contributed by atoms with Gasteiger partial charge in [-0.25, -0.2) is 4.98 Å². The lowest BCUT2D eigenvalue weighted by Gasteiger charge is -2.15. The molecule has 1 unspecified atom stereocenters. The average Bonchev–Trinajstić information content (AvgIpc) is 3.08. The van der Waals surface area contributed by atoms with E-state index in [0.717, 1.165) is 24.9 Å². The molecule has 3 heteroatoms. The summed E-state index contributed by atoms with van der Waals surface area (Å²) in [6, 6.07) is 0.740. The van der Waals surface area contributed by atoms with Crippen LogP contribution in [0.4, 0.5) is 0 Å². The van der Waals surface area contributed by atoms with Gasteiger partial charge in [0.2, 0.25) is 0 Å². The van der Waals surface area contributed by atoms with Gasteiger partial charge in [0.05, 0.1) is 0 Å². The van der Waals surface area contributed by atoms with Crippen LogP contribution in [0.15, 0.2) is 12.4 Å². The topological polar surface area (TPSA) is 29.9 Å². The van der Waals surface area contributed by atoms with Crippen LogP contribution in [0.5, 0.6) is 0 Å². The van der Waals surface area contributed by atoms with Crippen LogP contribution in [0, 0.1) is 5.92 Å². The summed E-state index contributed by atoms with van der Waals surface area (Å²) in [5, 5.41) is 3.46. The number of aromatic nitrogens is 2. The van der Waals surface area contributed by atoms with Gasteiger partial charge < -0.3 is 9.88 Å². The molecular weight excluding hydrogens is 210 g/mol. The van der Waals surface area contributed by atoms with E-state index in [4.69, 9.17) is 0 Å². The van der Waals surface area contributed by atoms with Crippen molar-refractivity contribution in [2.45, 2.75) is 58.0 Å². The van der Waals surface area contributed by atoms with Crippen LogP contribution in [-0.2, 0) is 13.0 Å². The molecule has 17 heavy (non-hydrogen) atoms. The second-order valence-electron chi connectivity index (χ2n) is 5.16. The molecular formula is C14H25N3. The second kappa shape index (κ2) is 6.20. The highest BCUT2D eigenvalue weighted by Gasteiger charge is 2.29. The Morgan fingerprint density at radius 1 is 1.53 bits per heavy atom. The molecule has 1 aliphatic rings. The van der Waals surface area contributed by atoms with E-state index in [0.29, 0.717) is 0 Å². The Hall–Kier alpha value is -0.830. The number of hydrogen-bond acceptors (Lipinski definition) is 2. The number of nitrogens with zero attached hydrogens (tertiary/aromatic N) is 2. The lowest BCUT2D eigenvalue weighted by molar-refractivity contribution is 0.451. The lowest BCUT2D eigenvalue weighted by Crippen LogP contribution is -2.27. The number of hydrogen-bond donors (Lipinski definition) is 1. The molecule has 1 saturated carbocycles. The van der Waals surface area contributed by atoms with Gasteiger partial charge in [0, 0.05) is 31.4 Å². The van der Waals surface area contributed by atoms with E-state index in [2.05, 4.69) is 35.0 Å². The monoisotopic (exact) mass is 235 g/mol. The first-order valence-electron chi connectivity index (χ1n) is 7.02. The fourth-order valence-electron chi connectivity index (χ4n) is 2.61. The zero-order chi connectivity index (χ0) is 12.1. The van der Waals surface area contributed by atoms with E-state index in [9.17, 15) is 0 Å². The summed E-state index contributed by atoms with van der Waals surface area (Å²) in [6.07, 6.45) is 11.7. The van der Waals surface area contributed by atoms with Crippen LogP contribution >= 0.6 is 0 Å². The molecule has 1 heterocycles. The Kier molecular flexibility index (Phi) is 4.60. The standard InChI is InChI=1S/C14H25N3/c1-3-10-17-11-9-16-14(17)6-4-5-13(15-2)12-7-8-12/h9,11-13,15H,3-8,10H2,1-2H3. The number of rotatable bonds is 8. The molecule has 0 bridgehead atoms. The van der Waals surface area contributed by atoms with Gasteiger partial charge in [-0.15, -0.1) is 0 Å². The third kappa shape index (κ3) is 3.56. The van der Waals surface area contributed by atoms with Crippen molar-refractivity contribution in [2.75, 3.05) is 7.05 Å². The molecule has 1 aliphatic carbocycles. The number of aryl methyl sites for hydroxylation is 2. The number of imidazole rings is 1. The molecule has 1 aromatic rings. The zero-order valence-corrected chi connectivity index (χ0v) is 11.2. The molecule has 0 spiro atoms. The quantitative estimate of drug-likeness (QED) is 0.750. The third-order valence-corrected chi connectivity index (χ3v) is 3.74. The van der Waals surface area contributed by atoms with Crippen molar-refractivity contribution >= 4 is 0 Å². The Balaban J connectivity index is 1.74. The first-order chi connectivity index (χ1) is 8.35. The Bertz CT molecular complexity index is 328. The van der Waals surface area contributed by atoms with Crippen molar-refractivity contribution in [1.29, 1.82) is 0 Å². The van der Waals surface area contributed by atoms with E-state index in [1.807, 2.05) is 6.20 Å². The summed E-state index contributed by atoms with van der Waals surface area (Å²) in [5.74, 6) is 2.22. The molecule has 2 rings (SSSR count). The molecule has 1 atom stereocenters. The van der Waals surface area contributed by atoms with E-state index in [1.165, 1.54) is 37.9 Å². The van der Waals surface area contributed by atoms with Crippen molar-refractivity contribution in [1.82, 2.24) is 14.9 Å². The van der Waals surface area contributed by atoms with Crippen molar-refractivity contribution in [3.05, 3.63) is 18.2 Å². The lowest BCUT2D eigenvalue weighted by atomic mass is 10.1. The smallest absolute Gasteiger partial charge is 0.108 e. The Morgan fingerprint density at radius 3 is 3.00 bits per heavy atom. The highest BCUT2D eigenvalue weighted by atomic mass is 15.1. The minimum Gasteiger partial charge on any atom is -0.335 e. The summed E-state index contributed by atoms with van der Waals surface area (Å²) >= 11 is 0. The van der Waals surface area contributed by atoms with Crippen LogP contribution in [0.25, 0.3) is 0 Å². The van der Waals surface area contributed by atoms with Gasteiger partial charge in [-0.3, -0.25) is 0 Å². The van der Waals surface area contributed by atoms with Gasteiger partial charge in [0.25, 0.3) is 0 Å². The molecule has 3 nitrogen and oxygen atoms in total. The average molecular weight is 235 g/mol. The first-order valence-corrected chi connectivity index (χ1v) is 7.02. The van der Waals surface area contributed by atoms with E-state index in [-0.39, 0.29) is 0 Å². The van der Waals surface area contributed by atoms with Gasteiger partial charge in [-0.2, -0.15) is 0 Å². The highest BCUT2D eigenvalue weighted by molar-refractivity contribution is 4.93. The van der Waals surface area contributed by atoms with Gasteiger partial charge in [0.1, 0.15) is 5.82 Å². The van der Waals surface area contributed by atoms with Crippen LogP contribution in [0.3, 0.4) is 0 Å². The molecule has 0 aromatic carbocycles. The molecule has 1 N–H and O–H groups in total. The van der Waals surface area contributed by atoms with Crippen LogP contribution in [-0.4, -0.2) is 22.6 Å². The fraction of sp³-hybridized carbons (Fsp3) is 0.786. The summed E-state index contributed by atoms with van der Waals surface area (Å²) < 4.78 is 2.30. The Morgan fingerprint density at radius 2 is 2.35 bits per heavy atom. The van der Waals surface area contributed by atoms with Gasteiger partial charge in [-0.05, 0) is 45.1 Å². The van der Waals surface area contributed by atoms with Crippen molar-refractivity contribution in [3.63, 3.8) is 0 Å². The van der Waals surface area contributed by atoms with Gasteiger partial charge >= 0.3 is 0 Å². The third-order valence-electron chi connectivity index (χ3n) is 3.74. The first kappa shape index (κ1) is 12.6. The number of nitrogens with one attached hydrogen (secondary N) is 1. The summed E-state index contributed by atoms with van der Waals surface area (Å²) in [5.41, 5.74) is 0. The molecule has 96 valence electrons. The summed E-state index contributed by atoms with van der Waals surface area (Å²) in [7, 11) is 2.10. The molecule has 0 aliphatic heterocycles. The van der Waals surface area contributed by atoms with Gasteiger partial charge in [0.15, 0.2) is 0 Å². The van der Waals surface area contributed by atoms with Crippen molar-refractivity contribution in [2.24, 2.45) is 5.92 Å². The van der Waals surface area contributed by atoms with E-state index < -0.39 is 0 Å². The van der Waals surface area contributed by atoms with Crippen LogP contribution < -0.4 is 5.32 Å². The highest BCUT2D eigenvalue weighted by Crippen LogP contribution is 2.34. The predicted molar refractivity (Wildman–Crippen MR) is 71.0 cm³/mol. The van der Waals surface area contributed by atoms with Crippen LogP contribution in [0.2, 0.25) is 0 Å². The minimum atomic E-state index is 0.740.